The minimum atomic E-state index is 0.475. The van der Waals surface area contributed by atoms with Crippen LogP contribution in [0.4, 0.5) is 11.6 Å². The van der Waals surface area contributed by atoms with Crippen molar-refractivity contribution in [2.75, 3.05) is 11.1 Å². The zero-order chi connectivity index (χ0) is 17.9. The molecule has 2 aromatic heterocycles. The lowest BCUT2D eigenvalue weighted by Crippen LogP contribution is -2.00. The highest BCUT2D eigenvalue weighted by atomic mass is 16.5. The molecule has 7 heteroatoms. The second-order valence-corrected chi connectivity index (χ2v) is 5.97. The van der Waals surface area contributed by atoms with Crippen molar-refractivity contribution in [3.05, 3.63) is 65.9 Å². The number of imidazole rings is 1. The van der Waals surface area contributed by atoms with Crippen molar-refractivity contribution in [3.8, 4) is 11.6 Å². The molecule has 4 N–H and O–H groups in total. The van der Waals surface area contributed by atoms with Crippen molar-refractivity contribution in [2.24, 2.45) is 0 Å². The molecular formula is C19H18N6O. The number of benzene rings is 2. The van der Waals surface area contributed by atoms with Crippen LogP contribution in [0.1, 0.15) is 11.3 Å². The third kappa shape index (κ3) is 3.56. The number of nitrogens with one attached hydrogen (secondary N) is 2. The molecule has 0 aliphatic rings. The van der Waals surface area contributed by atoms with Crippen molar-refractivity contribution in [1.82, 2.24) is 20.2 Å². The van der Waals surface area contributed by atoms with Gasteiger partial charge in [0.25, 0.3) is 0 Å². The van der Waals surface area contributed by atoms with Crippen molar-refractivity contribution in [2.45, 2.75) is 13.5 Å². The fraction of sp³-hybridized carbons (Fsp3) is 0.105. The quantitative estimate of drug-likeness (QED) is 0.477. The first-order valence-electron chi connectivity index (χ1n) is 8.22. The first-order chi connectivity index (χ1) is 12.7. The normalized spacial score (nSPS) is 10.8. The average Bonchev–Trinajstić information content (AvgIpc) is 3.05. The Kier molecular flexibility index (Phi) is 4.10. The number of aromatic nitrogens is 4. The van der Waals surface area contributed by atoms with E-state index in [1.54, 1.807) is 6.07 Å². The van der Waals surface area contributed by atoms with Crippen LogP contribution in [0.25, 0.3) is 11.0 Å². The molecule has 0 unspecified atom stereocenters. The summed E-state index contributed by atoms with van der Waals surface area (Å²) in [5.41, 5.74) is 10.2. The molecule has 0 aliphatic heterocycles. The number of hydrogen-bond acceptors (Lipinski definition) is 6. The smallest absolute Gasteiger partial charge is 0.238 e. The maximum absolute atomic E-state index is 5.79. The Labute approximate surface area is 150 Å². The molecule has 0 fully saturated rings. The van der Waals surface area contributed by atoms with Crippen LogP contribution < -0.4 is 15.8 Å². The summed E-state index contributed by atoms with van der Waals surface area (Å²) in [6.07, 6.45) is 0. The van der Waals surface area contributed by atoms with E-state index in [9.17, 15) is 0 Å². The van der Waals surface area contributed by atoms with E-state index in [0.717, 1.165) is 22.3 Å². The number of aromatic amines is 1. The van der Waals surface area contributed by atoms with Crippen LogP contribution >= 0.6 is 0 Å². The molecule has 0 radical (unpaired) electrons. The Morgan fingerprint density at radius 2 is 1.88 bits per heavy atom. The number of nitrogens with two attached hydrogens (primary N) is 1. The largest absolute Gasteiger partial charge is 0.438 e. The van der Waals surface area contributed by atoms with Crippen LogP contribution in [-0.2, 0) is 6.54 Å². The van der Waals surface area contributed by atoms with Gasteiger partial charge in [0, 0.05) is 18.3 Å². The third-order valence-corrected chi connectivity index (χ3v) is 3.89. The summed E-state index contributed by atoms with van der Waals surface area (Å²) in [5.74, 6) is 1.90. The lowest BCUT2D eigenvalue weighted by atomic mass is 10.2. The summed E-state index contributed by atoms with van der Waals surface area (Å²) >= 11 is 0. The number of aryl methyl sites for hydroxylation is 1. The first-order valence-corrected chi connectivity index (χ1v) is 8.22. The average molecular weight is 346 g/mol. The number of hydrogen-bond donors (Lipinski definition) is 3. The number of anilines is 2. The Balaban J connectivity index is 1.39. The standard InChI is InChI=1S/C19H18N6O/c1-12-2-9-18(25-24-12)26-15-6-3-13(4-7-15)11-21-19-22-16-8-5-14(20)10-17(16)23-19/h2-10H,11,20H2,1H3,(H2,21,22,23). The fourth-order valence-electron chi connectivity index (χ4n) is 2.53. The number of rotatable bonds is 5. The number of H-pyrrole nitrogens is 1. The van der Waals surface area contributed by atoms with Gasteiger partial charge in [-0.15, -0.1) is 5.10 Å². The maximum Gasteiger partial charge on any atom is 0.238 e. The molecular weight excluding hydrogens is 328 g/mol. The number of fused-ring (bicyclic) bond motifs is 1. The van der Waals surface area contributed by atoms with Gasteiger partial charge in [-0.2, -0.15) is 5.10 Å². The van der Waals surface area contributed by atoms with Crippen LogP contribution in [0.2, 0.25) is 0 Å². The molecule has 0 amide bonds. The molecule has 0 bridgehead atoms. The minimum absolute atomic E-state index is 0.475. The van der Waals surface area contributed by atoms with Gasteiger partial charge < -0.3 is 20.8 Å². The SMILES string of the molecule is Cc1ccc(Oc2ccc(CNc3nc4ccc(N)cc4[nH]3)cc2)nn1. The van der Waals surface area contributed by atoms with Crippen LogP contribution in [0.5, 0.6) is 11.6 Å². The second-order valence-electron chi connectivity index (χ2n) is 5.97. The summed E-state index contributed by atoms with van der Waals surface area (Å²) in [6.45, 7) is 2.52. The molecule has 0 atom stereocenters. The number of nitrogen functional groups attached to an aromatic ring is 1. The van der Waals surface area contributed by atoms with E-state index in [2.05, 4.69) is 25.5 Å². The van der Waals surface area contributed by atoms with Gasteiger partial charge in [0.1, 0.15) is 5.75 Å². The van der Waals surface area contributed by atoms with Gasteiger partial charge >= 0.3 is 0 Å². The highest BCUT2D eigenvalue weighted by Gasteiger charge is 2.04. The lowest BCUT2D eigenvalue weighted by Gasteiger charge is -2.06. The van der Waals surface area contributed by atoms with Gasteiger partial charge in [0.2, 0.25) is 11.8 Å². The summed E-state index contributed by atoms with van der Waals surface area (Å²) in [4.78, 5) is 7.70. The second kappa shape index (κ2) is 6.72. The zero-order valence-corrected chi connectivity index (χ0v) is 14.2. The number of nitrogens with zero attached hydrogens (tertiary/aromatic N) is 3. The Hall–Kier alpha value is -3.61. The Bertz CT molecular complexity index is 1020. The third-order valence-electron chi connectivity index (χ3n) is 3.89. The lowest BCUT2D eigenvalue weighted by molar-refractivity contribution is 0.454. The monoisotopic (exact) mass is 346 g/mol. The van der Waals surface area contributed by atoms with Crippen molar-refractivity contribution in [3.63, 3.8) is 0 Å². The summed E-state index contributed by atoms with van der Waals surface area (Å²) < 4.78 is 5.68. The van der Waals surface area contributed by atoms with Gasteiger partial charge in [0.15, 0.2) is 0 Å². The first kappa shape index (κ1) is 15.9. The van der Waals surface area contributed by atoms with E-state index in [1.165, 1.54) is 0 Å². The molecule has 130 valence electrons. The molecule has 2 heterocycles. The zero-order valence-electron chi connectivity index (χ0n) is 14.2. The van der Waals surface area contributed by atoms with Gasteiger partial charge in [-0.3, -0.25) is 0 Å². The van der Waals surface area contributed by atoms with Crippen LogP contribution in [-0.4, -0.2) is 20.2 Å². The molecule has 4 aromatic rings. The van der Waals surface area contributed by atoms with Gasteiger partial charge in [-0.05, 0) is 48.9 Å². The summed E-state index contributed by atoms with van der Waals surface area (Å²) in [5, 5.41) is 11.2. The summed E-state index contributed by atoms with van der Waals surface area (Å²) in [6, 6.07) is 17.0. The molecule has 7 nitrogen and oxygen atoms in total. The van der Waals surface area contributed by atoms with Crippen molar-refractivity contribution >= 4 is 22.7 Å². The van der Waals surface area contributed by atoms with Crippen molar-refractivity contribution < 1.29 is 4.74 Å². The predicted octanol–water partition coefficient (Wildman–Crippen LogP) is 3.65. The van der Waals surface area contributed by atoms with Gasteiger partial charge in [0.05, 0.1) is 16.7 Å². The molecule has 4 rings (SSSR count). The predicted molar refractivity (Wildman–Crippen MR) is 101 cm³/mol. The highest BCUT2D eigenvalue weighted by molar-refractivity contribution is 5.80. The van der Waals surface area contributed by atoms with Crippen LogP contribution in [0, 0.1) is 6.92 Å². The molecule has 0 saturated heterocycles. The van der Waals surface area contributed by atoms with Gasteiger partial charge in [-0.1, -0.05) is 12.1 Å². The van der Waals surface area contributed by atoms with Crippen molar-refractivity contribution in [1.29, 1.82) is 0 Å². The molecule has 2 aromatic carbocycles. The van der Waals surface area contributed by atoms with E-state index >= 15 is 0 Å². The Morgan fingerprint density at radius 1 is 1.04 bits per heavy atom. The maximum atomic E-state index is 5.79. The molecule has 26 heavy (non-hydrogen) atoms. The van der Waals surface area contributed by atoms with Crippen LogP contribution in [0.3, 0.4) is 0 Å². The molecule has 0 saturated carbocycles. The molecule has 0 spiro atoms. The van der Waals surface area contributed by atoms with E-state index in [4.69, 9.17) is 10.5 Å². The van der Waals surface area contributed by atoms with E-state index < -0.39 is 0 Å². The topological polar surface area (TPSA) is 102 Å². The van der Waals surface area contributed by atoms with E-state index in [0.29, 0.717) is 29.8 Å². The number of ether oxygens (including phenoxy) is 1. The van der Waals surface area contributed by atoms with E-state index in [-0.39, 0.29) is 0 Å². The highest BCUT2D eigenvalue weighted by Crippen LogP contribution is 2.20. The minimum Gasteiger partial charge on any atom is -0.438 e. The fourth-order valence-corrected chi connectivity index (χ4v) is 2.53. The van der Waals surface area contributed by atoms with Crippen LogP contribution in [0.15, 0.2) is 54.6 Å². The summed E-state index contributed by atoms with van der Waals surface area (Å²) in [7, 11) is 0. The Morgan fingerprint density at radius 3 is 2.65 bits per heavy atom. The molecule has 0 aliphatic carbocycles. The van der Waals surface area contributed by atoms with E-state index in [1.807, 2.05) is 55.5 Å². The van der Waals surface area contributed by atoms with Gasteiger partial charge in [-0.25, -0.2) is 4.98 Å².